The van der Waals surface area contributed by atoms with Gasteiger partial charge in [-0.05, 0) is 58.9 Å². The zero-order chi connectivity index (χ0) is 15.6. The summed E-state index contributed by atoms with van der Waals surface area (Å²) < 4.78 is 5.54. The number of hydrogen-bond donors (Lipinski definition) is 2. The number of carbonyl (C=O) groups excluding carboxylic acids is 1. The van der Waals surface area contributed by atoms with Gasteiger partial charge in [-0.25, -0.2) is 0 Å². The van der Waals surface area contributed by atoms with Gasteiger partial charge in [-0.3, -0.25) is 4.79 Å². The minimum absolute atomic E-state index is 0.285. The fourth-order valence-electron chi connectivity index (χ4n) is 1.33. The van der Waals surface area contributed by atoms with Crippen LogP contribution < -0.4 is 10.1 Å². The molecular weight excluding hydrogens is 278 g/mol. The van der Waals surface area contributed by atoms with Gasteiger partial charge in [-0.15, -0.1) is 0 Å². The molecule has 1 amide bonds. The lowest BCUT2D eigenvalue weighted by Gasteiger charge is -2.38. The van der Waals surface area contributed by atoms with Gasteiger partial charge >= 0.3 is 0 Å². The summed E-state index contributed by atoms with van der Waals surface area (Å²) in [7, 11) is 0. The first-order valence-electron chi connectivity index (χ1n) is 6.49. The number of rotatable bonds is 5. The first-order chi connectivity index (χ1) is 9.03. The Hall–Kier alpha value is -1.26. The second-order valence-electron chi connectivity index (χ2n) is 5.89. The SMILES string of the molecule is CC(Oc1ccc(Cl)cc1)C(=O)NC(C)(C)C(C)(C)O. The van der Waals surface area contributed by atoms with Crippen LogP contribution in [-0.2, 0) is 4.79 Å². The Bertz CT molecular complexity index is 463. The van der Waals surface area contributed by atoms with Gasteiger partial charge in [0.25, 0.3) is 5.91 Å². The van der Waals surface area contributed by atoms with Crippen molar-refractivity contribution in [2.45, 2.75) is 51.9 Å². The maximum absolute atomic E-state index is 12.1. The Morgan fingerprint density at radius 3 is 2.20 bits per heavy atom. The molecule has 0 bridgehead atoms. The maximum Gasteiger partial charge on any atom is 0.261 e. The summed E-state index contributed by atoms with van der Waals surface area (Å²) >= 11 is 5.79. The molecule has 0 radical (unpaired) electrons. The second kappa shape index (κ2) is 6.02. The molecule has 5 heteroatoms. The van der Waals surface area contributed by atoms with Crippen molar-refractivity contribution in [2.24, 2.45) is 0 Å². The number of aliphatic hydroxyl groups is 1. The van der Waals surface area contributed by atoms with Crippen LogP contribution in [0.5, 0.6) is 5.75 Å². The van der Waals surface area contributed by atoms with Crippen molar-refractivity contribution in [1.29, 1.82) is 0 Å². The third-order valence-corrected chi connectivity index (χ3v) is 3.71. The van der Waals surface area contributed by atoms with Crippen molar-refractivity contribution >= 4 is 17.5 Å². The molecule has 0 heterocycles. The zero-order valence-electron chi connectivity index (χ0n) is 12.5. The molecule has 0 aliphatic carbocycles. The van der Waals surface area contributed by atoms with E-state index in [0.29, 0.717) is 10.8 Å². The van der Waals surface area contributed by atoms with E-state index in [2.05, 4.69) is 5.32 Å². The van der Waals surface area contributed by atoms with E-state index in [1.807, 2.05) is 0 Å². The van der Waals surface area contributed by atoms with Crippen molar-refractivity contribution in [2.75, 3.05) is 0 Å². The van der Waals surface area contributed by atoms with E-state index in [4.69, 9.17) is 16.3 Å². The molecule has 2 N–H and O–H groups in total. The summed E-state index contributed by atoms with van der Waals surface area (Å²) in [6.45, 7) is 8.49. The third-order valence-electron chi connectivity index (χ3n) is 3.46. The minimum Gasteiger partial charge on any atom is -0.481 e. The van der Waals surface area contributed by atoms with Crippen molar-refractivity contribution in [3.8, 4) is 5.75 Å². The topological polar surface area (TPSA) is 58.6 Å². The zero-order valence-corrected chi connectivity index (χ0v) is 13.3. The van der Waals surface area contributed by atoms with Gasteiger partial charge in [0.15, 0.2) is 6.10 Å². The summed E-state index contributed by atoms with van der Waals surface area (Å²) in [6.07, 6.45) is -0.669. The molecule has 0 saturated carbocycles. The molecule has 0 spiro atoms. The van der Waals surface area contributed by atoms with Crippen LogP contribution in [0.4, 0.5) is 0 Å². The van der Waals surface area contributed by atoms with Crippen LogP contribution in [0.3, 0.4) is 0 Å². The molecule has 0 aliphatic heterocycles. The Morgan fingerprint density at radius 2 is 1.75 bits per heavy atom. The van der Waals surface area contributed by atoms with E-state index in [1.165, 1.54) is 0 Å². The molecule has 1 unspecified atom stereocenters. The molecule has 0 aliphatic rings. The van der Waals surface area contributed by atoms with Gasteiger partial charge in [0, 0.05) is 5.02 Å². The van der Waals surface area contributed by atoms with Crippen LogP contribution in [0.25, 0.3) is 0 Å². The smallest absolute Gasteiger partial charge is 0.261 e. The van der Waals surface area contributed by atoms with Gasteiger partial charge in [-0.1, -0.05) is 11.6 Å². The van der Waals surface area contributed by atoms with Gasteiger partial charge < -0.3 is 15.2 Å². The summed E-state index contributed by atoms with van der Waals surface area (Å²) in [4.78, 5) is 12.1. The molecule has 1 aromatic rings. The highest BCUT2D eigenvalue weighted by molar-refractivity contribution is 6.30. The Kier molecular flexibility index (Phi) is 5.05. The van der Waals surface area contributed by atoms with Crippen molar-refractivity contribution in [1.82, 2.24) is 5.32 Å². The van der Waals surface area contributed by atoms with Gasteiger partial charge in [0.2, 0.25) is 0 Å². The highest BCUT2D eigenvalue weighted by atomic mass is 35.5. The highest BCUT2D eigenvalue weighted by Crippen LogP contribution is 2.21. The maximum atomic E-state index is 12.1. The van der Waals surface area contributed by atoms with E-state index in [0.717, 1.165) is 0 Å². The normalized spacial score (nSPS) is 13.8. The molecule has 1 atom stereocenters. The van der Waals surface area contributed by atoms with Gasteiger partial charge in [0.05, 0.1) is 11.1 Å². The lowest BCUT2D eigenvalue weighted by Crippen LogP contribution is -2.59. The average molecular weight is 300 g/mol. The fraction of sp³-hybridized carbons (Fsp3) is 0.533. The lowest BCUT2D eigenvalue weighted by atomic mass is 9.86. The Labute approximate surface area is 125 Å². The molecule has 0 fully saturated rings. The molecule has 20 heavy (non-hydrogen) atoms. The monoisotopic (exact) mass is 299 g/mol. The molecule has 0 aromatic heterocycles. The third kappa shape index (κ3) is 4.39. The predicted octanol–water partition coefficient (Wildman–Crippen LogP) is 2.77. The number of hydrogen-bond acceptors (Lipinski definition) is 3. The van der Waals surface area contributed by atoms with E-state index in [1.54, 1.807) is 58.9 Å². The van der Waals surface area contributed by atoms with Crippen LogP contribution in [0.15, 0.2) is 24.3 Å². The van der Waals surface area contributed by atoms with Crippen LogP contribution in [0, 0.1) is 0 Å². The van der Waals surface area contributed by atoms with E-state index in [-0.39, 0.29) is 5.91 Å². The highest BCUT2D eigenvalue weighted by Gasteiger charge is 2.37. The van der Waals surface area contributed by atoms with E-state index in [9.17, 15) is 9.90 Å². The molecule has 112 valence electrons. The first-order valence-corrected chi connectivity index (χ1v) is 6.87. The van der Waals surface area contributed by atoms with E-state index >= 15 is 0 Å². The van der Waals surface area contributed by atoms with Crippen LogP contribution in [0.2, 0.25) is 5.02 Å². The number of halogens is 1. The van der Waals surface area contributed by atoms with Gasteiger partial charge in [0.1, 0.15) is 5.75 Å². The van der Waals surface area contributed by atoms with Crippen molar-refractivity contribution < 1.29 is 14.6 Å². The van der Waals surface area contributed by atoms with E-state index < -0.39 is 17.2 Å². The minimum atomic E-state index is -1.04. The standard InChI is InChI=1S/C15H22ClNO3/c1-10(20-12-8-6-11(16)7-9-12)13(18)17-14(2,3)15(4,5)19/h6-10,19H,1-5H3,(H,17,18). The van der Waals surface area contributed by atoms with Gasteiger partial charge in [-0.2, -0.15) is 0 Å². The Morgan fingerprint density at radius 1 is 1.25 bits per heavy atom. The number of amides is 1. The quantitative estimate of drug-likeness (QED) is 0.879. The predicted molar refractivity (Wildman–Crippen MR) is 80.1 cm³/mol. The van der Waals surface area contributed by atoms with Crippen LogP contribution in [-0.4, -0.2) is 28.3 Å². The molecule has 4 nitrogen and oxygen atoms in total. The first kappa shape index (κ1) is 16.8. The average Bonchev–Trinajstić information content (AvgIpc) is 2.30. The van der Waals surface area contributed by atoms with Crippen LogP contribution in [0.1, 0.15) is 34.6 Å². The van der Waals surface area contributed by atoms with Crippen molar-refractivity contribution in [3.63, 3.8) is 0 Å². The molecule has 1 rings (SSSR count). The van der Waals surface area contributed by atoms with Crippen LogP contribution >= 0.6 is 11.6 Å². The summed E-state index contributed by atoms with van der Waals surface area (Å²) in [5.74, 6) is 0.283. The summed E-state index contributed by atoms with van der Waals surface area (Å²) in [5.41, 5.74) is -1.80. The Balaban J connectivity index is 2.66. The molecule has 0 saturated heterocycles. The lowest BCUT2D eigenvalue weighted by molar-refractivity contribution is -0.132. The second-order valence-corrected chi connectivity index (χ2v) is 6.32. The largest absolute Gasteiger partial charge is 0.481 e. The number of carbonyl (C=O) groups is 1. The molecule has 1 aromatic carbocycles. The summed E-state index contributed by atoms with van der Waals surface area (Å²) in [6, 6.07) is 6.80. The molecular formula is C15H22ClNO3. The number of ether oxygens (including phenoxy) is 1. The number of nitrogens with one attached hydrogen (secondary N) is 1. The summed E-state index contributed by atoms with van der Waals surface area (Å²) in [5, 5.41) is 13.4. The fourth-order valence-corrected chi connectivity index (χ4v) is 1.46. The number of benzene rings is 1. The van der Waals surface area contributed by atoms with Crippen molar-refractivity contribution in [3.05, 3.63) is 29.3 Å².